The summed E-state index contributed by atoms with van der Waals surface area (Å²) in [5.41, 5.74) is 3.52. The Labute approximate surface area is 109 Å². The lowest BCUT2D eigenvalue weighted by Crippen LogP contribution is -2.56. The molecule has 1 spiro atoms. The molecule has 3 nitrogen and oxygen atoms in total. The minimum absolute atomic E-state index is 0.681. The van der Waals surface area contributed by atoms with Crippen molar-refractivity contribution in [1.82, 2.24) is 15.5 Å². The van der Waals surface area contributed by atoms with E-state index in [9.17, 15) is 0 Å². The van der Waals surface area contributed by atoms with Crippen molar-refractivity contribution >= 4 is 0 Å². The zero-order valence-electron chi connectivity index (χ0n) is 11.0. The summed E-state index contributed by atoms with van der Waals surface area (Å²) in [5, 5.41) is 11.3. The van der Waals surface area contributed by atoms with Crippen LogP contribution >= 0.6 is 0 Å². The molecular weight excluding hydrogens is 222 g/mol. The van der Waals surface area contributed by atoms with Gasteiger partial charge in [-0.05, 0) is 49.5 Å². The summed E-state index contributed by atoms with van der Waals surface area (Å²) in [5.74, 6) is 0. The van der Waals surface area contributed by atoms with E-state index < -0.39 is 0 Å². The van der Waals surface area contributed by atoms with Gasteiger partial charge >= 0.3 is 0 Å². The minimum atomic E-state index is 0.681. The number of hydrogen-bond donors (Lipinski definition) is 2. The van der Waals surface area contributed by atoms with E-state index in [4.69, 9.17) is 0 Å². The number of nitrogens with zero attached hydrogens (tertiary/aromatic N) is 1. The predicted molar refractivity (Wildman–Crippen MR) is 71.5 cm³/mol. The highest BCUT2D eigenvalue weighted by Gasteiger charge is 2.48. The first-order chi connectivity index (χ1) is 8.86. The van der Waals surface area contributed by atoms with Gasteiger partial charge in [0.25, 0.3) is 0 Å². The predicted octanol–water partition coefficient (Wildman–Crippen LogP) is 2.58. The molecule has 2 N–H and O–H groups in total. The monoisotopic (exact) mass is 245 g/mol. The van der Waals surface area contributed by atoms with Gasteiger partial charge in [0.2, 0.25) is 0 Å². The largest absolute Gasteiger partial charge is 0.310 e. The first-order valence-electron chi connectivity index (χ1n) is 7.63. The average molecular weight is 245 g/mol. The molecule has 1 aromatic heterocycles. The zero-order valence-corrected chi connectivity index (χ0v) is 11.0. The van der Waals surface area contributed by atoms with Crippen molar-refractivity contribution < 1.29 is 0 Å². The second-order valence-corrected chi connectivity index (χ2v) is 6.64. The van der Waals surface area contributed by atoms with Crippen LogP contribution in [0.2, 0.25) is 0 Å². The fourth-order valence-electron chi connectivity index (χ4n) is 4.47. The van der Waals surface area contributed by atoms with Crippen LogP contribution in [-0.4, -0.2) is 22.3 Å². The van der Waals surface area contributed by atoms with E-state index >= 15 is 0 Å². The molecule has 0 aromatic carbocycles. The first kappa shape index (κ1) is 11.0. The molecule has 2 fully saturated rings. The number of fused-ring (bicyclic) bond motifs is 1. The summed E-state index contributed by atoms with van der Waals surface area (Å²) < 4.78 is 0. The van der Waals surface area contributed by atoms with Gasteiger partial charge in [0.05, 0.1) is 6.20 Å². The maximum atomic E-state index is 4.17. The number of aryl methyl sites for hydroxylation is 1. The fraction of sp³-hybridized carbons (Fsp3) is 0.800. The van der Waals surface area contributed by atoms with Crippen LogP contribution in [-0.2, 0) is 12.8 Å². The standard InChI is InChI=1S/C15H23N3/c1-2-7-15(6-1)8-5-14(15)17-12-4-3-11-10-16-18-13(11)9-12/h10,12,14,17H,1-9H2,(H,16,18). The molecule has 1 heterocycles. The Morgan fingerprint density at radius 2 is 2.11 bits per heavy atom. The first-order valence-corrected chi connectivity index (χ1v) is 7.63. The van der Waals surface area contributed by atoms with Crippen molar-refractivity contribution in [2.45, 2.75) is 69.9 Å². The second kappa shape index (κ2) is 4.09. The van der Waals surface area contributed by atoms with Crippen LogP contribution in [0.5, 0.6) is 0 Å². The molecule has 2 unspecified atom stereocenters. The molecule has 4 rings (SSSR count). The third kappa shape index (κ3) is 1.63. The van der Waals surface area contributed by atoms with Gasteiger partial charge in [-0.25, -0.2) is 0 Å². The summed E-state index contributed by atoms with van der Waals surface area (Å²) in [6, 6.07) is 1.50. The van der Waals surface area contributed by atoms with Crippen LogP contribution in [0.3, 0.4) is 0 Å². The molecule has 2 saturated carbocycles. The Morgan fingerprint density at radius 1 is 1.22 bits per heavy atom. The Morgan fingerprint density at radius 3 is 2.89 bits per heavy atom. The van der Waals surface area contributed by atoms with Crippen LogP contribution in [0.4, 0.5) is 0 Å². The molecule has 18 heavy (non-hydrogen) atoms. The normalized spacial score (nSPS) is 33.3. The lowest BCUT2D eigenvalue weighted by atomic mass is 9.63. The van der Waals surface area contributed by atoms with E-state index in [1.165, 1.54) is 62.6 Å². The van der Waals surface area contributed by atoms with E-state index in [0.717, 1.165) is 12.5 Å². The number of H-pyrrole nitrogens is 1. The van der Waals surface area contributed by atoms with Gasteiger partial charge in [0.15, 0.2) is 0 Å². The highest BCUT2D eigenvalue weighted by molar-refractivity contribution is 5.21. The van der Waals surface area contributed by atoms with Gasteiger partial charge in [0, 0.05) is 24.2 Å². The summed E-state index contributed by atoms with van der Waals surface area (Å²) in [6.07, 6.45) is 14.4. The third-order valence-corrected chi connectivity index (χ3v) is 5.73. The molecule has 3 aliphatic carbocycles. The summed E-state index contributed by atoms with van der Waals surface area (Å²) in [6.45, 7) is 0. The van der Waals surface area contributed by atoms with E-state index in [-0.39, 0.29) is 0 Å². The second-order valence-electron chi connectivity index (χ2n) is 6.64. The topological polar surface area (TPSA) is 40.7 Å². The molecule has 0 aliphatic heterocycles. The number of aromatic nitrogens is 2. The van der Waals surface area contributed by atoms with Crippen molar-refractivity contribution in [1.29, 1.82) is 0 Å². The lowest BCUT2D eigenvalue weighted by Gasteiger charge is -2.49. The molecule has 3 heteroatoms. The smallest absolute Gasteiger partial charge is 0.0522 e. The molecule has 3 aliphatic rings. The summed E-state index contributed by atoms with van der Waals surface area (Å²) >= 11 is 0. The molecule has 2 atom stereocenters. The van der Waals surface area contributed by atoms with Crippen molar-refractivity contribution in [3.8, 4) is 0 Å². The lowest BCUT2D eigenvalue weighted by molar-refractivity contribution is 0.0618. The van der Waals surface area contributed by atoms with Gasteiger partial charge < -0.3 is 5.32 Å². The van der Waals surface area contributed by atoms with Crippen LogP contribution in [0.1, 0.15) is 56.2 Å². The summed E-state index contributed by atoms with van der Waals surface area (Å²) in [7, 11) is 0. The average Bonchev–Trinajstić information content (AvgIpc) is 3.03. The van der Waals surface area contributed by atoms with Crippen LogP contribution in [0, 0.1) is 5.41 Å². The molecule has 98 valence electrons. The molecule has 0 saturated heterocycles. The SMILES string of the molecule is c1n[nH]c2c1CCC(NC1CCC13CCCC3)C2. The fourth-order valence-corrected chi connectivity index (χ4v) is 4.47. The Kier molecular flexibility index (Phi) is 2.51. The Bertz CT molecular complexity index is 431. The maximum Gasteiger partial charge on any atom is 0.0522 e. The maximum absolute atomic E-state index is 4.17. The van der Waals surface area contributed by atoms with Crippen LogP contribution in [0.25, 0.3) is 0 Å². The van der Waals surface area contributed by atoms with E-state index in [1.54, 1.807) is 0 Å². The Hall–Kier alpha value is -0.830. The van der Waals surface area contributed by atoms with Crippen molar-refractivity contribution in [3.63, 3.8) is 0 Å². The van der Waals surface area contributed by atoms with E-state index in [2.05, 4.69) is 15.5 Å². The van der Waals surface area contributed by atoms with Crippen LogP contribution in [0.15, 0.2) is 6.20 Å². The molecule has 1 aromatic rings. The molecule has 0 amide bonds. The number of rotatable bonds is 2. The number of nitrogens with one attached hydrogen (secondary N) is 2. The van der Waals surface area contributed by atoms with E-state index in [1.807, 2.05) is 6.20 Å². The van der Waals surface area contributed by atoms with Gasteiger partial charge in [-0.2, -0.15) is 5.10 Å². The van der Waals surface area contributed by atoms with Gasteiger partial charge in [0.1, 0.15) is 0 Å². The van der Waals surface area contributed by atoms with Crippen molar-refractivity contribution in [2.75, 3.05) is 0 Å². The third-order valence-electron chi connectivity index (χ3n) is 5.73. The molecular formula is C15H23N3. The number of hydrogen-bond acceptors (Lipinski definition) is 2. The van der Waals surface area contributed by atoms with E-state index in [0.29, 0.717) is 11.5 Å². The number of aromatic amines is 1. The van der Waals surface area contributed by atoms with Crippen LogP contribution < -0.4 is 5.32 Å². The van der Waals surface area contributed by atoms with Gasteiger partial charge in [-0.3, -0.25) is 5.10 Å². The summed E-state index contributed by atoms with van der Waals surface area (Å²) in [4.78, 5) is 0. The minimum Gasteiger partial charge on any atom is -0.310 e. The molecule has 0 radical (unpaired) electrons. The van der Waals surface area contributed by atoms with Gasteiger partial charge in [-0.1, -0.05) is 12.8 Å². The van der Waals surface area contributed by atoms with Crippen molar-refractivity contribution in [2.24, 2.45) is 5.41 Å². The quantitative estimate of drug-likeness (QED) is 0.841. The Balaban J connectivity index is 1.41. The zero-order chi connectivity index (χ0) is 12.0. The highest BCUT2D eigenvalue weighted by Crippen LogP contribution is 2.53. The molecule has 0 bridgehead atoms. The van der Waals surface area contributed by atoms with Gasteiger partial charge in [-0.15, -0.1) is 0 Å². The highest BCUT2D eigenvalue weighted by atomic mass is 15.1. The van der Waals surface area contributed by atoms with Crippen molar-refractivity contribution in [3.05, 3.63) is 17.5 Å².